The molecule has 0 unspecified atom stereocenters. The van der Waals surface area contributed by atoms with E-state index in [1.165, 1.54) is 0 Å². The van der Waals surface area contributed by atoms with Gasteiger partial charge < -0.3 is 10.2 Å². The van der Waals surface area contributed by atoms with Crippen LogP contribution in [0.2, 0.25) is 0 Å². The van der Waals surface area contributed by atoms with Gasteiger partial charge in [-0.05, 0) is 49.9 Å². The predicted molar refractivity (Wildman–Crippen MR) is 98.7 cm³/mol. The van der Waals surface area contributed by atoms with E-state index < -0.39 is 0 Å². The van der Waals surface area contributed by atoms with Gasteiger partial charge in [0.1, 0.15) is 0 Å². The van der Waals surface area contributed by atoms with Crippen molar-refractivity contribution in [2.45, 2.75) is 40.5 Å². The van der Waals surface area contributed by atoms with E-state index in [1.54, 1.807) is 6.07 Å². The highest BCUT2D eigenvalue weighted by Gasteiger charge is 2.13. The van der Waals surface area contributed by atoms with Crippen LogP contribution in [0.3, 0.4) is 0 Å². The Morgan fingerprint density at radius 1 is 1.00 bits per heavy atom. The minimum absolute atomic E-state index is 0.232. The van der Waals surface area contributed by atoms with Crippen LogP contribution in [0.1, 0.15) is 48.3 Å². The molecule has 1 amide bonds. The van der Waals surface area contributed by atoms with Crippen molar-refractivity contribution in [1.29, 1.82) is 0 Å². The van der Waals surface area contributed by atoms with Gasteiger partial charge in [-0.25, -0.2) is 0 Å². The van der Waals surface area contributed by atoms with Gasteiger partial charge in [0.2, 0.25) is 0 Å². The van der Waals surface area contributed by atoms with Crippen LogP contribution in [0.4, 0.5) is 11.5 Å². The smallest absolute Gasteiger partial charge is 0.276 e. The van der Waals surface area contributed by atoms with Crippen LogP contribution in [0.25, 0.3) is 0 Å². The van der Waals surface area contributed by atoms with Gasteiger partial charge in [-0.2, -0.15) is 0 Å². The first kappa shape index (κ1) is 17.9. The number of benzene rings is 1. The van der Waals surface area contributed by atoms with Crippen LogP contribution < -0.4 is 10.2 Å². The number of hydrogen-bond donors (Lipinski definition) is 1. The number of carbonyl (C=O) groups excluding carboxylic acids is 1. The molecule has 1 aromatic carbocycles. The Kier molecular flexibility index (Phi) is 6.29. The first-order chi connectivity index (χ1) is 11.6. The summed E-state index contributed by atoms with van der Waals surface area (Å²) < 4.78 is 0. The van der Waals surface area contributed by atoms with Crippen LogP contribution in [0.5, 0.6) is 0 Å². The third-order valence-corrected chi connectivity index (χ3v) is 3.91. The number of nitrogens with one attached hydrogen (secondary N) is 1. The van der Waals surface area contributed by atoms with Crippen molar-refractivity contribution in [3.8, 4) is 0 Å². The molecule has 0 spiro atoms. The fourth-order valence-corrected chi connectivity index (χ4v) is 2.68. The molecule has 0 aliphatic rings. The van der Waals surface area contributed by atoms with Crippen molar-refractivity contribution in [2.24, 2.45) is 0 Å². The number of aryl methyl sites for hydroxylation is 2. The lowest BCUT2D eigenvalue weighted by molar-refractivity contribution is 0.102. The highest BCUT2D eigenvalue weighted by atomic mass is 16.1. The van der Waals surface area contributed by atoms with Crippen molar-refractivity contribution in [3.63, 3.8) is 0 Å². The highest BCUT2D eigenvalue weighted by Crippen LogP contribution is 2.20. The second-order valence-corrected chi connectivity index (χ2v) is 5.98. The van der Waals surface area contributed by atoms with Gasteiger partial charge in [-0.15, -0.1) is 10.2 Å². The molecule has 0 aliphatic carbocycles. The second-order valence-electron chi connectivity index (χ2n) is 5.98. The Hall–Kier alpha value is -2.43. The third kappa shape index (κ3) is 4.31. The standard InChI is InChI=1S/C19H26N4O/c1-5-12-23(13-6-2)17-11-10-16(21-22-17)19(24)20-18-14(3)8-7-9-15(18)4/h7-11H,5-6,12-13H2,1-4H3,(H,20,24). The zero-order chi connectivity index (χ0) is 17.5. The van der Waals surface area contributed by atoms with Crippen molar-refractivity contribution < 1.29 is 4.79 Å². The third-order valence-electron chi connectivity index (χ3n) is 3.91. The van der Waals surface area contributed by atoms with E-state index in [0.29, 0.717) is 5.69 Å². The zero-order valence-electron chi connectivity index (χ0n) is 15.0. The summed E-state index contributed by atoms with van der Waals surface area (Å²) in [5, 5.41) is 11.3. The van der Waals surface area contributed by atoms with Gasteiger partial charge >= 0.3 is 0 Å². The van der Waals surface area contributed by atoms with Crippen LogP contribution >= 0.6 is 0 Å². The number of para-hydroxylation sites is 1. The summed E-state index contributed by atoms with van der Waals surface area (Å²) in [6, 6.07) is 9.54. The maximum absolute atomic E-state index is 12.4. The Morgan fingerprint density at radius 2 is 1.62 bits per heavy atom. The number of hydrogen-bond acceptors (Lipinski definition) is 4. The molecule has 128 valence electrons. The molecule has 5 heteroatoms. The number of aromatic nitrogens is 2. The molecule has 2 aromatic rings. The maximum atomic E-state index is 12.4. The van der Waals surface area contributed by atoms with Crippen LogP contribution in [0.15, 0.2) is 30.3 Å². The zero-order valence-corrected chi connectivity index (χ0v) is 15.0. The minimum Gasteiger partial charge on any atom is -0.355 e. The molecule has 5 nitrogen and oxygen atoms in total. The first-order valence-corrected chi connectivity index (χ1v) is 8.53. The van der Waals surface area contributed by atoms with Crippen molar-refractivity contribution in [3.05, 3.63) is 47.2 Å². The van der Waals surface area contributed by atoms with Gasteiger partial charge in [0.15, 0.2) is 11.5 Å². The molecule has 1 N–H and O–H groups in total. The lowest BCUT2D eigenvalue weighted by Gasteiger charge is -2.21. The van der Waals surface area contributed by atoms with Crippen molar-refractivity contribution >= 4 is 17.4 Å². The number of amides is 1. The minimum atomic E-state index is -0.232. The lowest BCUT2D eigenvalue weighted by atomic mass is 10.1. The Balaban J connectivity index is 2.13. The molecular formula is C19H26N4O. The molecule has 0 saturated carbocycles. The molecule has 0 bridgehead atoms. The fourth-order valence-electron chi connectivity index (χ4n) is 2.68. The summed E-state index contributed by atoms with van der Waals surface area (Å²) in [4.78, 5) is 14.6. The van der Waals surface area contributed by atoms with Gasteiger partial charge in [0, 0.05) is 18.8 Å². The average Bonchev–Trinajstić information content (AvgIpc) is 2.58. The van der Waals surface area contributed by atoms with Crippen molar-refractivity contribution in [1.82, 2.24) is 10.2 Å². The molecule has 1 heterocycles. The maximum Gasteiger partial charge on any atom is 0.276 e. The normalized spacial score (nSPS) is 10.5. The SMILES string of the molecule is CCCN(CCC)c1ccc(C(=O)Nc2c(C)cccc2C)nn1. The summed E-state index contributed by atoms with van der Waals surface area (Å²) in [6.07, 6.45) is 2.10. The molecule has 0 radical (unpaired) electrons. The van der Waals surface area contributed by atoms with Gasteiger partial charge in [-0.3, -0.25) is 4.79 Å². The van der Waals surface area contributed by atoms with E-state index >= 15 is 0 Å². The van der Waals surface area contributed by atoms with Gasteiger partial charge in [0.05, 0.1) is 0 Å². The number of nitrogens with zero attached hydrogens (tertiary/aromatic N) is 3. The van der Waals surface area contributed by atoms with Gasteiger partial charge in [-0.1, -0.05) is 32.0 Å². The highest BCUT2D eigenvalue weighted by molar-refractivity contribution is 6.03. The Labute approximate surface area is 144 Å². The molecule has 0 atom stereocenters. The van der Waals surface area contributed by atoms with Crippen LogP contribution in [-0.2, 0) is 0 Å². The largest absolute Gasteiger partial charge is 0.355 e. The molecule has 0 aliphatic heterocycles. The van der Waals surface area contributed by atoms with E-state index in [9.17, 15) is 4.79 Å². The van der Waals surface area contributed by atoms with E-state index in [-0.39, 0.29) is 5.91 Å². The molecular weight excluding hydrogens is 300 g/mol. The average molecular weight is 326 g/mol. The summed E-state index contributed by atoms with van der Waals surface area (Å²) in [5.41, 5.74) is 3.23. The van der Waals surface area contributed by atoms with E-state index in [2.05, 4.69) is 34.3 Å². The second kappa shape index (κ2) is 8.43. The van der Waals surface area contributed by atoms with Crippen LogP contribution in [-0.4, -0.2) is 29.2 Å². The van der Waals surface area contributed by atoms with Crippen LogP contribution in [0, 0.1) is 13.8 Å². The summed E-state index contributed by atoms with van der Waals surface area (Å²) in [6.45, 7) is 10.1. The number of anilines is 2. The molecule has 0 saturated heterocycles. The quantitative estimate of drug-likeness (QED) is 0.836. The van der Waals surface area contributed by atoms with Gasteiger partial charge in [0.25, 0.3) is 5.91 Å². The molecule has 1 aromatic heterocycles. The summed E-state index contributed by atoms with van der Waals surface area (Å²) >= 11 is 0. The summed E-state index contributed by atoms with van der Waals surface area (Å²) in [5.74, 6) is 0.589. The van der Waals surface area contributed by atoms with E-state index in [4.69, 9.17) is 0 Å². The molecule has 24 heavy (non-hydrogen) atoms. The first-order valence-electron chi connectivity index (χ1n) is 8.53. The Morgan fingerprint density at radius 3 is 2.12 bits per heavy atom. The monoisotopic (exact) mass is 326 g/mol. The number of rotatable bonds is 7. The predicted octanol–water partition coefficient (Wildman–Crippen LogP) is 3.97. The van der Waals surface area contributed by atoms with E-state index in [0.717, 1.165) is 48.6 Å². The molecule has 2 rings (SSSR count). The molecule has 0 fully saturated rings. The lowest BCUT2D eigenvalue weighted by Crippen LogP contribution is -2.26. The Bertz CT molecular complexity index is 656. The van der Waals surface area contributed by atoms with Crippen molar-refractivity contribution in [2.75, 3.05) is 23.3 Å². The number of carbonyl (C=O) groups is 1. The fraction of sp³-hybridized carbons (Fsp3) is 0.421. The summed E-state index contributed by atoms with van der Waals surface area (Å²) in [7, 11) is 0. The topological polar surface area (TPSA) is 58.1 Å². The van der Waals surface area contributed by atoms with E-state index in [1.807, 2.05) is 38.1 Å².